The van der Waals surface area contributed by atoms with Gasteiger partial charge >= 0.3 is 5.97 Å². The molecule has 0 aliphatic heterocycles. The van der Waals surface area contributed by atoms with E-state index in [1.54, 1.807) is 6.07 Å². The maximum atomic E-state index is 12.1. The molecule has 0 aliphatic rings. The number of carboxylic acid groups (broad SMARTS) is 1. The molecule has 7 heteroatoms. The average Bonchev–Trinajstić information content (AvgIpc) is 2.41. The summed E-state index contributed by atoms with van der Waals surface area (Å²) in [6.07, 6.45) is 2.16. The third-order valence-corrected chi connectivity index (χ3v) is 4.18. The fourth-order valence-electron chi connectivity index (χ4n) is 1.95. The van der Waals surface area contributed by atoms with Gasteiger partial charge in [-0.3, -0.25) is 9.59 Å². The number of carbonyl (C=O) groups is 2. The SMILES string of the molecule is CCCC(CNC(=O)c1ccccc1S(C)(=O)=O)C(=O)O. The summed E-state index contributed by atoms with van der Waals surface area (Å²) in [5, 5.41) is 11.5. The number of nitrogens with one attached hydrogen (secondary N) is 1. The van der Waals surface area contributed by atoms with Crippen LogP contribution in [0.1, 0.15) is 30.1 Å². The fourth-order valence-corrected chi connectivity index (χ4v) is 2.84. The minimum atomic E-state index is -3.52. The predicted octanol–water partition coefficient (Wildman–Crippen LogP) is 1.32. The van der Waals surface area contributed by atoms with Crippen molar-refractivity contribution in [3.63, 3.8) is 0 Å². The minimum absolute atomic E-state index is 0.0277. The lowest BCUT2D eigenvalue weighted by Crippen LogP contribution is -2.33. The van der Waals surface area contributed by atoms with Gasteiger partial charge in [-0.1, -0.05) is 25.5 Å². The standard InChI is InChI=1S/C14H19NO5S/c1-3-6-10(14(17)18)9-15-13(16)11-7-4-5-8-12(11)21(2,19)20/h4-5,7-8,10H,3,6,9H2,1-2H3,(H,15,16)(H,17,18). The molecule has 1 atom stereocenters. The van der Waals surface area contributed by atoms with Gasteiger partial charge in [-0.2, -0.15) is 0 Å². The molecule has 116 valence electrons. The highest BCUT2D eigenvalue weighted by Crippen LogP contribution is 2.15. The smallest absolute Gasteiger partial charge is 0.308 e. The monoisotopic (exact) mass is 313 g/mol. The second kappa shape index (κ2) is 7.21. The Morgan fingerprint density at radius 3 is 2.43 bits per heavy atom. The van der Waals surface area contributed by atoms with Gasteiger partial charge in [-0.15, -0.1) is 0 Å². The molecule has 1 unspecified atom stereocenters. The van der Waals surface area contributed by atoms with E-state index in [9.17, 15) is 18.0 Å². The van der Waals surface area contributed by atoms with Crippen molar-refractivity contribution in [1.82, 2.24) is 5.32 Å². The summed E-state index contributed by atoms with van der Waals surface area (Å²) in [5.74, 6) is -2.24. The number of amides is 1. The third kappa shape index (κ3) is 4.86. The molecule has 2 N–H and O–H groups in total. The molecule has 1 rings (SSSR count). The molecule has 21 heavy (non-hydrogen) atoms. The van der Waals surface area contributed by atoms with E-state index in [4.69, 9.17) is 5.11 Å². The van der Waals surface area contributed by atoms with E-state index in [2.05, 4.69) is 5.32 Å². The van der Waals surface area contributed by atoms with E-state index in [1.165, 1.54) is 18.2 Å². The van der Waals surface area contributed by atoms with E-state index in [-0.39, 0.29) is 17.0 Å². The topological polar surface area (TPSA) is 101 Å². The summed E-state index contributed by atoms with van der Waals surface area (Å²) in [6.45, 7) is 1.83. The van der Waals surface area contributed by atoms with Gasteiger partial charge in [-0.05, 0) is 18.6 Å². The van der Waals surface area contributed by atoms with Gasteiger partial charge in [0, 0.05) is 12.8 Å². The van der Waals surface area contributed by atoms with E-state index < -0.39 is 27.6 Å². The molecule has 0 fully saturated rings. The Balaban J connectivity index is 2.88. The molecule has 0 bridgehead atoms. The second-order valence-electron chi connectivity index (χ2n) is 4.80. The number of rotatable bonds is 7. The summed E-state index contributed by atoms with van der Waals surface area (Å²) in [4.78, 5) is 23.0. The first kappa shape index (κ1) is 17.2. The molecule has 0 saturated carbocycles. The number of hydrogen-bond acceptors (Lipinski definition) is 4. The van der Waals surface area contributed by atoms with Crippen LogP contribution in [-0.4, -0.2) is 38.2 Å². The van der Waals surface area contributed by atoms with Gasteiger partial charge in [0.25, 0.3) is 5.91 Å². The molecular formula is C14H19NO5S. The zero-order valence-electron chi connectivity index (χ0n) is 12.0. The summed E-state index contributed by atoms with van der Waals surface area (Å²) >= 11 is 0. The lowest BCUT2D eigenvalue weighted by Gasteiger charge is -2.13. The number of sulfone groups is 1. The lowest BCUT2D eigenvalue weighted by atomic mass is 10.0. The maximum Gasteiger partial charge on any atom is 0.308 e. The quantitative estimate of drug-likeness (QED) is 0.790. The van der Waals surface area contributed by atoms with Crippen molar-refractivity contribution in [3.8, 4) is 0 Å². The number of hydrogen-bond donors (Lipinski definition) is 2. The minimum Gasteiger partial charge on any atom is -0.481 e. The average molecular weight is 313 g/mol. The number of carboxylic acids is 1. The van der Waals surface area contributed by atoms with Crippen LogP contribution in [0.15, 0.2) is 29.2 Å². The first-order valence-electron chi connectivity index (χ1n) is 6.57. The van der Waals surface area contributed by atoms with E-state index in [0.717, 1.165) is 6.26 Å². The molecule has 0 aromatic heterocycles. The highest BCUT2D eigenvalue weighted by Gasteiger charge is 2.21. The normalized spacial score (nSPS) is 12.7. The van der Waals surface area contributed by atoms with Gasteiger partial charge in [-0.25, -0.2) is 8.42 Å². The van der Waals surface area contributed by atoms with Crippen LogP contribution in [0.5, 0.6) is 0 Å². The highest BCUT2D eigenvalue weighted by molar-refractivity contribution is 7.90. The van der Waals surface area contributed by atoms with Gasteiger partial charge in [0.05, 0.1) is 16.4 Å². The molecule has 6 nitrogen and oxygen atoms in total. The van der Waals surface area contributed by atoms with Crippen molar-refractivity contribution in [1.29, 1.82) is 0 Å². The largest absolute Gasteiger partial charge is 0.481 e. The van der Waals surface area contributed by atoms with Crippen molar-refractivity contribution in [2.75, 3.05) is 12.8 Å². The van der Waals surface area contributed by atoms with Gasteiger partial charge < -0.3 is 10.4 Å². The Bertz CT molecular complexity index is 624. The molecule has 0 radical (unpaired) electrons. The van der Waals surface area contributed by atoms with E-state index >= 15 is 0 Å². The maximum absolute atomic E-state index is 12.1. The molecular weight excluding hydrogens is 294 g/mol. The van der Waals surface area contributed by atoms with Crippen LogP contribution < -0.4 is 5.32 Å². The van der Waals surface area contributed by atoms with Crippen LogP contribution in [0.4, 0.5) is 0 Å². The van der Waals surface area contributed by atoms with Crippen LogP contribution in [-0.2, 0) is 14.6 Å². The number of benzene rings is 1. The molecule has 0 heterocycles. The van der Waals surface area contributed by atoms with Crippen LogP contribution in [0.25, 0.3) is 0 Å². The molecule has 1 aromatic carbocycles. The van der Waals surface area contributed by atoms with Crippen molar-refractivity contribution in [2.24, 2.45) is 5.92 Å². The zero-order valence-corrected chi connectivity index (χ0v) is 12.8. The highest BCUT2D eigenvalue weighted by atomic mass is 32.2. The van der Waals surface area contributed by atoms with Gasteiger partial charge in [0.15, 0.2) is 9.84 Å². The fraction of sp³-hybridized carbons (Fsp3) is 0.429. The third-order valence-electron chi connectivity index (χ3n) is 3.03. The Morgan fingerprint density at radius 2 is 1.90 bits per heavy atom. The van der Waals surface area contributed by atoms with E-state index in [0.29, 0.717) is 12.8 Å². The number of aliphatic carboxylic acids is 1. The molecule has 1 aromatic rings. The molecule has 1 amide bonds. The van der Waals surface area contributed by atoms with Gasteiger partial charge in [0.2, 0.25) is 0 Å². The molecule has 0 spiro atoms. The Hall–Kier alpha value is -1.89. The van der Waals surface area contributed by atoms with Crippen molar-refractivity contribution in [2.45, 2.75) is 24.7 Å². The Labute approximate surface area is 124 Å². The first-order chi connectivity index (χ1) is 9.77. The zero-order chi connectivity index (χ0) is 16.0. The predicted molar refractivity (Wildman–Crippen MR) is 77.9 cm³/mol. The van der Waals surface area contributed by atoms with Crippen LogP contribution in [0, 0.1) is 5.92 Å². The first-order valence-corrected chi connectivity index (χ1v) is 8.46. The van der Waals surface area contributed by atoms with Crippen LogP contribution >= 0.6 is 0 Å². The number of carbonyl (C=O) groups excluding carboxylic acids is 1. The van der Waals surface area contributed by atoms with Crippen molar-refractivity contribution < 1.29 is 23.1 Å². The molecule has 0 saturated heterocycles. The lowest BCUT2D eigenvalue weighted by molar-refractivity contribution is -0.141. The summed E-state index contributed by atoms with van der Waals surface area (Å²) in [7, 11) is -3.52. The van der Waals surface area contributed by atoms with Crippen molar-refractivity contribution in [3.05, 3.63) is 29.8 Å². The Morgan fingerprint density at radius 1 is 1.29 bits per heavy atom. The van der Waals surface area contributed by atoms with Crippen LogP contribution in [0.3, 0.4) is 0 Å². The molecule has 0 aliphatic carbocycles. The van der Waals surface area contributed by atoms with E-state index in [1.807, 2.05) is 6.92 Å². The van der Waals surface area contributed by atoms with Gasteiger partial charge in [0.1, 0.15) is 0 Å². The summed E-state index contributed by atoms with van der Waals surface area (Å²) in [6, 6.07) is 5.85. The Kier molecular flexibility index (Phi) is 5.90. The summed E-state index contributed by atoms with van der Waals surface area (Å²) < 4.78 is 23.3. The summed E-state index contributed by atoms with van der Waals surface area (Å²) in [5.41, 5.74) is 0.0284. The van der Waals surface area contributed by atoms with Crippen LogP contribution in [0.2, 0.25) is 0 Å². The second-order valence-corrected chi connectivity index (χ2v) is 6.79. The van der Waals surface area contributed by atoms with Crippen molar-refractivity contribution >= 4 is 21.7 Å².